The number of fused-ring (bicyclic) bond motifs is 1. The van der Waals surface area contributed by atoms with E-state index in [9.17, 15) is 0 Å². The van der Waals surface area contributed by atoms with Crippen LogP contribution in [0.3, 0.4) is 0 Å². The number of pyridine rings is 1. The standard InChI is InChI=1S/C16H18N2/c1(2-10-17-15-7-8-15)4-13-6-9-16-14(12-13)5-3-11-18-16/h1,3-6,9,11-12,15,17H,2,7-8,10H2/b4-1+. The molecule has 0 atom stereocenters. The van der Waals surface area contributed by atoms with E-state index in [1.165, 1.54) is 23.8 Å². The monoisotopic (exact) mass is 238 g/mol. The molecule has 1 aliphatic rings. The topological polar surface area (TPSA) is 24.9 Å². The molecular formula is C16H18N2. The second-order valence-corrected chi connectivity index (χ2v) is 4.87. The Morgan fingerprint density at radius 2 is 2.22 bits per heavy atom. The lowest BCUT2D eigenvalue weighted by Crippen LogP contribution is -2.16. The van der Waals surface area contributed by atoms with Gasteiger partial charge in [-0.15, -0.1) is 0 Å². The molecule has 0 radical (unpaired) electrons. The first-order valence-electron chi connectivity index (χ1n) is 6.66. The zero-order valence-electron chi connectivity index (χ0n) is 10.5. The van der Waals surface area contributed by atoms with Crippen LogP contribution >= 0.6 is 0 Å². The molecule has 1 fully saturated rings. The zero-order valence-corrected chi connectivity index (χ0v) is 10.5. The van der Waals surface area contributed by atoms with E-state index in [0.717, 1.165) is 24.5 Å². The van der Waals surface area contributed by atoms with Gasteiger partial charge in [0.15, 0.2) is 0 Å². The van der Waals surface area contributed by atoms with Gasteiger partial charge in [0.25, 0.3) is 0 Å². The van der Waals surface area contributed by atoms with Crippen molar-refractivity contribution in [1.82, 2.24) is 10.3 Å². The molecule has 0 saturated heterocycles. The number of nitrogens with one attached hydrogen (secondary N) is 1. The highest BCUT2D eigenvalue weighted by atomic mass is 14.9. The molecule has 0 bridgehead atoms. The summed E-state index contributed by atoms with van der Waals surface area (Å²) >= 11 is 0. The van der Waals surface area contributed by atoms with Crippen LogP contribution in [0.25, 0.3) is 17.0 Å². The van der Waals surface area contributed by atoms with Crippen molar-refractivity contribution in [2.24, 2.45) is 0 Å². The van der Waals surface area contributed by atoms with E-state index in [1.807, 2.05) is 12.3 Å². The molecule has 1 saturated carbocycles. The average Bonchev–Trinajstić information content (AvgIpc) is 3.22. The van der Waals surface area contributed by atoms with E-state index in [0.29, 0.717) is 0 Å². The summed E-state index contributed by atoms with van der Waals surface area (Å²) in [4.78, 5) is 4.32. The Bertz CT molecular complexity index is 556. The summed E-state index contributed by atoms with van der Waals surface area (Å²) in [7, 11) is 0. The quantitative estimate of drug-likeness (QED) is 0.808. The SMILES string of the molecule is C(=C\c1ccc2ncccc2c1)/CCNC1CC1. The molecule has 1 aromatic heterocycles. The van der Waals surface area contributed by atoms with E-state index in [4.69, 9.17) is 0 Å². The highest BCUT2D eigenvalue weighted by molar-refractivity contribution is 5.80. The molecule has 1 heterocycles. The molecule has 0 unspecified atom stereocenters. The summed E-state index contributed by atoms with van der Waals surface area (Å²) in [6.07, 6.45) is 10.1. The van der Waals surface area contributed by atoms with Crippen LogP contribution in [-0.4, -0.2) is 17.6 Å². The lowest BCUT2D eigenvalue weighted by molar-refractivity contribution is 0.691. The summed E-state index contributed by atoms with van der Waals surface area (Å²) in [5, 5.41) is 4.72. The minimum Gasteiger partial charge on any atom is -0.314 e. The van der Waals surface area contributed by atoms with E-state index >= 15 is 0 Å². The fourth-order valence-corrected chi connectivity index (χ4v) is 2.08. The third-order valence-corrected chi connectivity index (χ3v) is 3.26. The maximum absolute atomic E-state index is 4.32. The molecule has 0 amide bonds. The lowest BCUT2D eigenvalue weighted by Gasteiger charge is -1.99. The molecule has 2 aromatic rings. The Kier molecular flexibility index (Phi) is 3.37. The van der Waals surface area contributed by atoms with Crippen molar-refractivity contribution in [2.45, 2.75) is 25.3 Å². The summed E-state index contributed by atoms with van der Waals surface area (Å²) in [6.45, 7) is 1.09. The Morgan fingerprint density at radius 1 is 1.28 bits per heavy atom. The maximum atomic E-state index is 4.32. The van der Waals surface area contributed by atoms with Crippen molar-refractivity contribution < 1.29 is 0 Å². The molecule has 1 N–H and O–H groups in total. The molecule has 0 spiro atoms. The van der Waals surface area contributed by atoms with Crippen LogP contribution in [0, 0.1) is 0 Å². The lowest BCUT2D eigenvalue weighted by atomic mass is 10.1. The summed E-state index contributed by atoms with van der Waals surface area (Å²) in [5.41, 5.74) is 2.31. The third kappa shape index (κ3) is 2.96. The molecule has 92 valence electrons. The van der Waals surface area contributed by atoms with E-state index < -0.39 is 0 Å². The van der Waals surface area contributed by atoms with Crippen LogP contribution in [-0.2, 0) is 0 Å². The summed E-state index contributed by atoms with van der Waals surface area (Å²) in [5.74, 6) is 0. The third-order valence-electron chi connectivity index (χ3n) is 3.26. The first kappa shape index (κ1) is 11.4. The maximum Gasteiger partial charge on any atom is 0.0702 e. The van der Waals surface area contributed by atoms with Gasteiger partial charge in [-0.05, 0) is 49.6 Å². The molecule has 2 nitrogen and oxygen atoms in total. The van der Waals surface area contributed by atoms with Gasteiger partial charge in [-0.25, -0.2) is 0 Å². The van der Waals surface area contributed by atoms with Crippen molar-refractivity contribution in [2.75, 3.05) is 6.54 Å². The second kappa shape index (κ2) is 5.32. The van der Waals surface area contributed by atoms with E-state index in [-0.39, 0.29) is 0 Å². The first-order valence-corrected chi connectivity index (χ1v) is 6.66. The minimum absolute atomic E-state index is 0.810. The minimum atomic E-state index is 0.810. The van der Waals surface area contributed by atoms with Gasteiger partial charge < -0.3 is 5.32 Å². The Labute approximate surface area is 108 Å². The van der Waals surface area contributed by atoms with Crippen molar-refractivity contribution in [3.05, 3.63) is 48.2 Å². The van der Waals surface area contributed by atoms with Gasteiger partial charge in [0.2, 0.25) is 0 Å². The van der Waals surface area contributed by atoms with Gasteiger partial charge in [-0.1, -0.05) is 24.3 Å². The molecule has 3 rings (SSSR count). The van der Waals surface area contributed by atoms with Crippen LogP contribution in [0.1, 0.15) is 24.8 Å². The highest BCUT2D eigenvalue weighted by Crippen LogP contribution is 2.18. The fourth-order valence-electron chi connectivity index (χ4n) is 2.08. The molecule has 1 aromatic carbocycles. The van der Waals surface area contributed by atoms with E-state index in [1.54, 1.807) is 0 Å². The zero-order chi connectivity index (χ0) is 12.2. The first-order chi connectivity index (χ1) is 8.92. The largest absolute Gasteiger partial charge is 0.314 e. The predicted octanol–water partition coefficient (Wildman–Crippen LogP) is 3.39. The van der Waals surface area contributed by atoms with Crippen LogP contribution in [0.5, 0.6) is 0 Å². The smallest absolute Gasteiger partial charge is 0.0702 e. The van der Waals surface area contributed by atoms with E-state index in [2.05, 4.69) is 46.7 Å². The van der Waals surface area contributed by atoms with Gasteiger partial charge in [0.05, 0.1) is 5.52 Å². The van der Waals surface area contributed by atoms with Crippen molar-refractivity contribution >= 4 is 17.0 Å². The number of nitrogens with zero attached hydrogens (tertiary/aromatic N) is 1. The van der Waals surface area contributed by atoms with Gasteiger partial charge in [-0.3, -0.25) is 4.98 Å². The highest BCUT2D eigenvalue weighted by Gasteiger charge is 2.19. The van der Waals surface area contributed by atoms with Crippen molar-refractivity contribution in [3.8, 4) is 0 Å². The van der Waals surface area contributed by atoms with Crippen LogP contribution in [0.4, 0.5) is 0 Å². The van der Waals surface area contributed by atoms with Gasteiger partial charge in [0, 0.05) is 17.6 Å². The molecule has 18 heavy (non-hydrogen) atoms. The molecule has 2 heteroatoms. The normalized spacial score (nSPS) is 15.6. The number of benzene rings is 1. The van der Waals surface area contributed by atoms with Crippen LogP contribution < -0.4 is 5.32 Å². The summed E-state index contributed by atoms with van der Waals surface area (Å²) < 4.78 is 0. The Balaban J connectivity index is 1.60. The molecule has 1 aliphatic carbocycles. The number of hydrogen-bond donors (Lipinski definition) is 1. The number of hydrogen-bond acceptors (Lipinski definition) is 2. The number of rotatable bonds is 5. The summed E-state index contributed by atoms with van der Waals surface area (Å²) in [6, 6.07) is 11.3. The van der Waals surface area contributed by atoms with Gasteiger partial charge >= 0.3 is 0 Å². The predicted molar refractivity (Wildman–Crippen MR) is 76.4 cm³/mol. The Morgan fingerprint density at radius 3 is 3.11 bits per heavy atom. The van der Waals surface area contributed by atoms with Crippen LogP contribution in [0.2, 0.25) is 0 Å². The molecule has 0 aliphatic heterocycles. The van der Waals surface area contributed by atoms with Crippen molar-refractivity contribution in [3.63, 3.8) is 0 Å². The average molecular weight is 238 g/mol. The fraction of sp³-hybridized carbons (Fsp3) is 0.312. The van der Waals surface area contributed by atoms with Gasteiger partial charge in [-0.2, -0.15) is 0 Å². The Hall–Kier alpha value is -1.67. The molecular weight excluding hydrogens is 220 g/mol. The number of aromatic nitrogens is 1. The van der Waals surface area contributed by atoms with Gasteiger partial charge in [0.1, 0.15) is 0 Å². The second-order valence-electron chi connectivity index (χ2n) is 4.87. The van der Waals surface area contributed by atoms with Crippen LogP contribution in [0.15, 0.2) is 42.6 Å². The van der Waals surface area contributed by atoms with Crippen molar-refractivity contribution in [1.29, 1.82) is 0 Å².